The summed E-state index contributed by atoms with van der Waals surface area (Å²) >= 11 is 0. The second-order valence-electron chi connectivity index (χ2n) is 4.82. The molecule has 94 valence electrons. The van der Waals surface area contributed by atoms with Crippen LogP contribution in [0.25, 0.3) is 10.9 Å². The highest BCUT2D eigenvalue weighted by Gasteiger charge is 2.29. The van der Waals surface area contributed by atoms with Crippen molar-refractivity contribution in [2.75, 3.05) is 18.0 Å². The number of hydrogen-bond donors (Lipinski definition) is 1. The van der Waals surface area contributed by atoms with E-state index in [1.165, 1.54) is 0 Å². The zero-order chi connectivity index (χ0) is 12.7. The summed E-state index contributed by atoms with van der Waals surface area (Å²) in [7, 11) is 1.91. The quantitative estimate of drug-likeness (QED) is 0.853. The first-order valence-electron chi connectivity index (χ1n) is 6.11. The Morgan fingerprint density at radius 2 is 2.33 bits per heavy atom. The number of fused-ring (bicyclic) bond motifs is 1. The molecular weight excluding hydrogens is 228 g/mol. The van der Waals surface area contributed by atoms with E-state index in [4.69, 9.17) is 5.73 Å². The summed E-state index contributed by atoms with van der Waals surface area (Å²) in [6, 6.07) is 5.99. The highest BCUT2D eigenvalue weighted by atomic mass is 16.2. The van der Waals surface area contributed by atoms with E-state index in [2.05, 4.69) is 5.10 Å². The van der Waals surface area contributed by atoms with E-state index < -0.39 is 0 Å². The van der Waals surface area contributed by atoms with Gasteiger partial charge in [0.2, 0.25) is 5.91 Å². The van der Waals surface area contributed by atoms with Gasteiger partial charge in [-0.3, -0.25) is 9.48 Å². The van der Waals surface area contributed by atoms with Gasteiger partial charge in [0.25, 0.3) is 0 Å². The first-order valence-corrected chi connectivity index (χ1v) is 6.11. The zero-order valence-electron chi connectivity index (χ0n) is 10.3. The van der Waals surface area contributed by atoms with Gasteiger partial charge < -0.3 is 10.6 Å². The van der Waals surface area contributed by atoms with Gasteiger partial charge in [0.15, 0.2) is 0 Å². The monoisotopic (exact) mass is 244 g/mol. The number of amides is 1. The molecule has 1 aliphatic rings. The van der Waals surface area contributed by atoms with Gasteiger partial charge in [-0.25, -0.2) is 0 Å². The maximum atomic E-state index is 11.9. The van der Waals surface area contributed by atoms with Crippen LogP contribution in [0.1, 0.15) is 6.42 Å². The van der Waals surface area contributed by atoms with Gasteiger partial charge in [0.1, 0.15) is 0 Å². The van der Waals surface area contributed by atoms with E-state index in [-0.39, 0.29) is 11.8 Å². The summed E-state index contributed by atoms with van der Waals surface area (Å²) in [5, 5.41) is 5.26. The number of rotatable bonds is 2. The molecule has 1 aromatic heterocycles. The Morgan fingerprint density at radius 1 is 1.50 bits per heavy atom. The van der Waals surface area contributed by atoms with Gasteiger partial charge in [0.05, 0.1) is 11.7 Å². The van der Waals surface area contributed by atoms with Crippen LogP contribution in [-0.4, -0.2) is 28.8 Å². The van der Waals surface area contributed by atoms with Gasteiger partial charge in [-0.15, -0.1) is 0 Å². The molecule has 1 fully saturated rings. The number of anilines is 1. The van der Waals surface area contributed by atoms with Crippen LogP contribution in [0.4, 0.5) is 5.69 Å². The van der Waals surface area contributed by atoms with Crippen molar-refractivity contribution in [2.24, 2.45) is 18.7 Å². The Morgan fingerprint density at radius 3 is 3.06 bits per heavy atom. The first-order chi connectivity index (χ1) is 8.69. The molecule has 5 nitrogen and oxygen atoms in total. The first kappa shape index (κ1) is 11.2. The SMILES string of the molecule is Cn1ncc2cc(N3CC(CN)CC3=O)ccc21. The van der Waals surface area contributed by atoms with E-state index in [1.807, 2.05) is 41.0 Å². The van der Waals surface area contributed by atoms with Crippen LogP contribution < -0.4 is 10.6 Å². The molecule has 3 rings (SSSR count). The number of nitrogens with two attached hydrogens (primary N) is 1. The second-order valence-corrected chi connectivity index (χ2v) is 4.82. The number of benzene rings is 1. The molecule has 0 aliphatic carbocycles. The number of aromatic nitrogens is 2. The fraction of sp³-hybridized carbons (Fsp3) is 0.385. The highest BCUT2D eigenvalue weighted by molar-refractivity contribution is 5.97. The second kappa shape index (κ2) is 4.10. The minimum absolute atomic E-state index is 0.161. The highest BCUT2D eigenvalue weighted by Crippen LogP contribution is 2.27. The smallest absolute Gasteiger partial charge is 0.227 e. The Labute approximate surface area is 105 Å². The van der Waals surface area contributed by atoms with Crippen molar-refractivity contribution >= 4 is 22.5 Å². The lowest BCUT2D eigenvalue weighted by atomic mass is 10.1. The van der Waals surface area contributed by atoms with Crippen molar-refractivity contribution in [3.8, 4) is 0 Å². The van der Waals surface area contributed by atoms with Crippen molar-refractivity contribution in [1.82, 2.24) is 9.78 Å². The fourth-order valence-electron chi connectivity index (χ4n) is 2.51. The van der Waals surface area contributed by atoms with Gasteiger partial charge in [-0.1, -0.05) is 0 Å². The van der Waals surface area contributed by atoms with Gasteiger partial charge in [-0.2, -0.15) is 5.10 Å². The van der Waals surface area contributed by atoms with Crippen molar-refractivity contribution in [3.63, 3.8) is 0 Å². The lowest BCUT2D eigenvalue weighted by molar-refractivity contribution is -0.117. The van der Waals surface area contributed by atoms with Crippen molar-refractivity contribution < 1.29 is 4.79 Å². The summed E-state index contributed by atoms with van der Waals surface area (Å²) in [4.78, 5) is 13.8. The number of carbonyl (C=O) groups excluding carboxylic acids is 1. The molecule has 2 aromatic rings. The molecule has 1 amide bonds. The lowest BCUT2D eigenvalue weighted by Crippen LogP contribution is -2.25. The van der Waals surface area contributed by atoms with Crippen LogP contribution in [0.5, 0.6) is 0 Å². The Kier molecular flexibility index (Phi) is 2.56. The van der Waals surface area contributed by atoms with Crippen LogP contribution in [-0.2, 0) is 11.8 Å². The Bertz CT molecular complexity index is 604. The molecule has 1 saturated heterocycles. The van der Waals surface area contributed by atoms with E-state index in [0.717, 1.165) is 23.1 Å². The standard InChI is InChI=1S/C13H16N4O/c1-16-12-3-2-11(5-10(12)7-15-16)17-8-9(6-14)4-13(17)18/h2-3,5,7,9H,4,6,8,14H2,1H3. The normalized spacial score (nSPS) is 20.0. The summed E-state index contributed by atoms with van der Waals surface area (Å²) in [5.41, 5.74) is 7.65. The Hall–Kier alpha value is -1.88. The van der Waals surface area contributed by atoms with E-state index in [1.54, 1.807) is 0 Å². The minimum Gasteiger partial charge on any atom is -0.330 e. The average Bonchev–Trinajstić information content (AvgIpc) is 2.93. The predicted octanol–water partition coefficient (Wildman–Crippen LogP) is 0.885. The maximum Gasteiger partial charge on any atom is 0.227 e. The molecule has 1 unspecified atom stereocenters. The van der Waals surface area contributed by atoms with E-state index in [0.29, 0.717) is 13.0 Å². The third-order valence-electron chi connectivity index (χ3n) is 3.58. The largest absolute Gasteiger partial charge is 0.330 e. The molecule has 2 heterocycles. The molecule has 18 heavy (non-hydrogen) atoms. The number of hydrogen-bond acceptors (Lipinski definition) is 3. The third-order valence-corrected chi connectivity index (χ3v) is 3.58. The van der Waals surface area contributed by atoms with Crippen LogP contribution >= 0.6 is 0 Å². The topological polar surface area (TPSA) is 64.2 Å². The van der Waals surface area contributed by atoms with Crippen LogP contribution in [0.3, 0.4) is 0 Å². The van der Waals surface area contributed by atoms with E-state index in [9.17, 15) is 4.79 Å². The molecule has 1 aliphatic heterocycles. The average molecular weight is 244 g/mol. The predicted molar refractivity (Wildman–Crippen MR) is 70.2 cm³/mol. The lowest BCUT2D eigenvalue weighted by Gasteiger charge is -2.16. The summed E-state index contributed by atoms with van der Waals surface area (Å²) in [6.07, 6.45) is 2.38. The van der Waals surface area contributed by atoms with Crippen molar-refractivity contribution in [3.05, 3.63) is 24.4 Å². The van der Waals surface area contributed by atoms with Gasteiger partial charge >= 0.3 is 0 Å². The third kappa shape index (κ3) is 1.67. The van der Waals surface area contributed by atoms with Crippen LogP contribution in [0.15, 0.2) is 24.4 Å². The number of carbonyl (C=O) groups is 1. The molecule has 1 aromatic carbocycles. The fourth-order valence-corrected chi connectivity index (χ4v) is 2.51. The maximum absolute atomic E-state index is 11.9. The molecule has 0 spiro atoms. The molecule has 0 radical (unpaired) electrons. The molecule has 2 N–H and O–H groups in total. The van der Waals surface area contributed by atoms with Gasteiger partial charge in [-0.05, 0) is 30.7 Å². The van der Waals surface area contributed by atoms with Crippen LogP contribution in [0.2, 0.25) is 0 Å². The zero-order valence-corrected chi connectivity index (χ0v) is 10.3. The van der Waals surface area contributed by atoms with Gasteiger partial charge in [0, 0.05) is 31.1 Å². The van der Waals surface area contributed by atoms with Crippen molar-refractivity contribution in [1.29, 1.82) is 0 Å². The molecular formula is C13H16N4O. The Balaban J connectivity index is 1.97. The summed E-state index contributed by atoms with van der Waals surface area (Å²) in [6.45, 7) is 1.29. The summed E-state index contributed by atoms with van der Waals surface area (Å²) < 4.78 is 1.83. The van der Waals surface area contributed by atoms with Crippen molar-refractivity contribution in [2.45, 2.75) is 6.42 Å². The minimum atomic E-state index is 0.161. The molecule has 0 bridgehead atoms. The van der Waals surface area contributed by atoms with E-state index >= 15 is 0 Å². The number of aryl methyl sites for hydroxylation is 1. The number of nitrogens with zero attached hydrogens (tertiary/aromatic N) is 3. The molecule has 0 saturated carbocycles. The molecule has 5 heteroatoms. The van der Waals surface area contributed by atoms with Crippen LogP contribution in [0, 0.1) is 5.92 Å². The summed E-state index contributed by atoms with van der Waals surface area (Å²) in [5.74, 6) is 0.441. The molecule has 1 atom stereocenters.